The third-order valence-corrected chi connectivity index (χ3v) is 5.81. The van der Waals surface area contributed by atoms with Gasteiger partial charge in [-0.3, -0.25) is 4.79 Å². The summed E-state index contributed by atoms with van der Waals surface area (Å²) in [6, 6.07) is 13.9. The molecule has 4 rings (SSSR count). The van der Waals surface area contributed by atoms with Gasteiger partial charge in [0.15, 0.2) is 0 Å². The van der Waals surface area contributed by atoms with Gasteiger partial charge in [0.25, 0.3) is 5.91 Å². The van der Waals surface area contributed by atoms with Crippen LogP contribution in [0.1, 0.15) is 52.9 Å². The van der Waals surface area contributed by atoms with Crippen LogP contribution in [0.25, 0.3) is 0 Å². The molecule has 1 aromatic carbocycles. The molecule has 1 atom stereocenters. The Morgan fingerprint density at radius 1 is 1.07 bits per heavy atom. The van der Waals surface area contributed by atoms with Gasteiger partial charge < -0.3 is 14.6 Å². The molecule has 1 aliphatic heterocycles. The summed E-state index contributed by atoms with van der Waals surface area (Å²) in [7, 11) is 0. The summed E-state index contributed by atoms with van der Waals surface area (Å²) >= 11 is 1.42. The summed E-state index contributed by atoms with van der Waals surface area (Å²) in [5.74, 6) is 0.332. The number of thiophene rings is 1. The monoisotopic (exact) mass is 396 g/mol. The molecule has 3 aromatic rings. The number of hydrogen-bond donors (Lipinski definition) is 1. The zero-order chi connectivity index (χ0) is 19.2. The van der Waals surface area contributed by atoms with E-state index in [0.717, 1.165) is 31.5 Å². The maximum absolute atomic E-state index is 12.6. The first-order valence-corrected chi connectivity index (χ1v) is 10.6. The Bertz CT molecular complexity index is 871. The molecule has 2 aromatic heterocycles. The van der Waals surface area contributed by atoms with E-state index in [1.807, 2.05) is 47.8 Å². The molecule has 1 saturated heterocycles. The quantitative estimate of drug-likeness (QED) is 0.675. The van der Waals surface area contributed by atoms with E-state index in [-0.39, 0.29) is 11.9 Å². The van der Waals surface area contributed by atoms with Crippen LogP contribution < -0.4 is 10.2 Å². The lowest BCUT2D eigenvalue weighted by Gasteiger charge is -2.17. The molecule has 1 aliphatic rings. The van der Waals surface area contributed by atoms with E-state index in [2.05, 4.69) is 20.4 Å². The molecule has 3 heterocycles. The number of benzene rings is 1. The Morgan fingerprint density at radius 3 is 2.57 bits per heavy atom. The molecule has 0 aliphatic carbocycles. The van der Waals surface area contributed by atoms with Crippen molar-refractivity contribution in [3.05, 3.63) is 64.2 Å². The largest absolute Gasteiger partial charge is 0.406 e. The normalized spacial score (nSPS) is 15.8. The number of carbonyl (C=O) groups excluding carboxylic acids is 1. The number of hydrogen-bond acceptors (Lipinski definition) is 6. The van der Waals surface area contributed by atoms with Crippen LogP contribution in [0.2, 0.25) is 0 Å². The maximum Gasteiger partial charge on any atom is 0.318 e. The van der Waals surface area contributed by atoms with Gasteiger partial charge in [-0.1, -0.05) is 54.3 Å². The van der Waals surface area contributed by atoms with Gasteiger partial charge in [-0.05, 0) is 29.9 Å². The van der Waals surface area contributed by atoms with Crippen molar-refractivity contribution < 1.29 is 9.21 Å². The van der Waals surface area contributed by atoms with Gasteiger partial charge in [-0.25, -0.2) is 0 Å². The predicted octanol–water partition coefficient (Wildman–Crippen LogP) is 4.23. The Morgan fingerprint density at radius 2 is 1.86 bits per heavy atom. The topological polar surface area (TPSA) is 71.3 Å². The van der Waals surface area contributed by atoms with Crippen LogP contribution in [-0.2, 0) is 6.42 Å². The standard InChI is InChI=1S/C21H24N4O2S/c26-19(18-11-8-14-28-18)22-17(15-16-9-4-3-5-10-16)20-23-24-21(27-20)25-12-6-1-2-7-13-25/h3-5,8-11,14,17H,1-2,6-7,12-13,15H2,(H,22,26)/t17-/m1/s1. The van der Waals surface area contributed by atoms with Gasteiger partial charge in [0.1, 0.15) is 6.04 Å². The fourth-order valence-electron chi connectivity index (χ4n) is 3.44. The zero-order valence-electron chi connectivity index (χ0n) is 15.7. The third-order valence-electron chi connectivity index (χ3n) is 4.94. The number of rotatable bonds is 6. The Balaban J connectivity index is 1.55. The average molecular weight is 397 g/mol. The number of amides is 1. The van der Waals surface area contributed by atoms with Crippen molar-refractivity contribution >= 4 is 23.3 Å². The minimum absolute atomic E-state index is 0.120. The molecule has 6 nitrogen and oxygen atoms in total. The first-order valence-electron chi connectivity index (χ1n) is 9.76. The highest BCUT2D eigenvalue weighted by Gasteiger charge is 2.24. The summed E-state index contributed by atoms with van der Waals surface area (Å²) < 4.78 is 6.02. The zero-order valence-corrected chi connectivity index (χ0v) is 16.5. The lowest BCUT2D eigenvalue weighted by atomic mass is 10.1. The molecule has 1 N–H and O–H groups in total. The molecule has 0 radical (unpaired) electrons. The Labute approximate surface area is 168 Å². The van der Waals surface area contributed by atoms with Crippen LogP contribution in [0, 0.1) is 0 Å². The van der Waals surface area contributed by atoms with Gasteiger partial charge in [-0.15, -0.1) is 16.4 Å². The lowest BCUT2D eigenvalue weighted by molar-refractivity contribution is 0.0934. The second kappa shape index (κ2) is 9.01. The highest BCUT2D eigenvalue weighted by Crippen LogP contribution is 2.24. The van der Waals surface area contributed by atoms with E-state index in [0.29, 0.717) is 23.2 Å². The van der Waals surface area contributed by atoms with Gasteiger partial charge in [0.2, 0.25) is 5.89 Å². The van der Waals surface area contributed by atoms with Gasteiger partial charge in [0.05, 0.1) is 4.88 Å². The van der Waals surface area contributed by atoms with Crippen molar-refractivity contribution in [3.8, 4) is 0 Å². The molecule has 1 fully saturated rings. The van der Waals surface area contributed by atoms with Gasteiger partial charge in [0, 0.05) is 19.5 Å². The second-order valence-corrected chi connectivity index (χ2v) is 7.96. The highest BCUT2D eigenvalue weighted by molar-refractivity contribution is 7.12. The molecular formula is C21H24N4O2S. The molecule has 0 bridgehead atoms. The fraction of sp³-hybridized carbons (Fsp3) is 0.381. The molecule has 1 amide bonds. The van der Waals surface area contributed by atoms with Crippen molar-refractivity contribution in [1.82, 2.24) is 15.5 Å². The number of nitrogens with zero attached hydrogens (tertiary/aromatic N) is 3. The molecule has 146 valence electrons. The van der Waals surface area contributed by atoms with Crippen molar-refractivity contribution in [2.24, 2.45) is 0 Å². The molecule has 0 unspecified atom stereocenters. The SMILES string of the molecule is O=C(N[C@H](Cc1ccccc1)c1nnc(N2CCCCCC2)o1)c1cccs1. The highest BCUT2D eigenvalue weighted by atomic mass is 32.1. The van der Waals surface area contributed by atoms with Crippen LogP contribution in [0.5, 0.6) is 0 Å². The smallest absolute Gasteiger partial charge is 0.318 e. The van der Waals surface area contributed by atoms with Crippen LogP contribution in [0.3, 0.4) is 0 Å². The number of aromatic nitrogens is 2. The van der Waals surface area contributed by atoms with Crippen molar-refractivity contribution in [1.29, 1.82) is 0 Å². The first-order chi connectivity index (χ1) is 13.8. The van der Waals surface area contributed by atoms with Gasteiger partial charge in [-0.2, -0.15) is 0 Å². The summed E-state index contributed by atoms with van der Waals surface area (Å²) in [5.41, 5.74) is 1.11. The van der Waals surface area contributed by atoms with Crippen LogP contribution >= 0.6 is 11.3 Å². The molecule has 7 heteroatoms. The van der Waals surface area contributed by atoms with E-state index in [4.69, 9.17) is 4.42 Å². The number of carbonyl (C=O) groups is 1. The van der Waals surface area contributed by atoms with Gasteiger partial charge >= 0.3 is 6.01 Å². The average Bonchev–Trinajstić information content (AvgIpc) is 3.36. The van der Waals surface area contributed by atoms with E-state index in [9.17, 15) is 4.79 Å². The van der Waals surface area contributed by atoms with Crippen molar-refractivity contribution in [2.45, 2.75) is 38.1 Å². The first kappa shape index (κ1) is 18.7. The minimum atomic E-state index is -0.370. The molecule has 0 spiro atoms. The van der Waals surface area contributed by atoms with E-state index in [1.54, 1.807) is 0 Å². The Kier molecular flexibility index (Phi) is 6.01. The van der Waals surface area contributed by atoms with E-state index >= 15 is 0 Å². The lowest BCUT2D eigenvalue weighted by Crippen LogP contribution is -2.29. The van der Waals surface area contributed by atoms with E-state index < -0.39 is 0 Å². The van der Waals surface area contributed by atoms with Crippen LogP contribution in [0.15, 0.2) is 52.3 Å². The number of nitrogens with one attached hydrogen (secondary N) is 1. The number of anilines is 1. The third kappa shape index (κ3) is 4.59. The van der Waals surface area contributed by atoms with Crippen molar-refractivity contribution in [3.63, 3.8) is 0 Å². The minimum Gasteiger partial charge on any atom is -0.406 e. The molecule has 28 heavy (non-hydrogen) atoms. The summed E-state index contributed by atoms with van der Waals surface area (Å²) in [6.07, 6.45) is 5.36. The maximum atomic E-state index is 12.6. The summed E-state index contributed by atoms with van der Waals surface area (Å²) in [6.45, 7) is 1.87. The van der Waals surface area contributed by atoms with E-state index in [1.165, 1.54) is 24.2 Å². The predicted molar refractivity (Wildman–Crippen MR) is 110 cm³/mol. The summed E-state index contributed by atoms with van der Waals surface area (Å²) in [5, 5.41) is 13.5. The van der Waals surface area contributed by atoms with Crippen molar-refractivity contribution in [2.75, 3.05) is 18.0 Å². The second-order valence-electron chi connectivity index (χ2n) is 7.02. The summed E-state index contributed by atoms with van der Waals surface area (Å²) in [4.78, 5) is 15.5. The van der Waals surface area contributed by atoms with Crippen LogP contribution in [0.4, 0.5) is 6.01 Å². The fourth-order valence-corrected chi connectivity index (χ4v) is 4.07. The molecule has 0 saturated carbocycles. The Hall–Kier alpha value is -2.67. The molecular weight excluding hydrogens is 372 g/mol. The van der Waals surface area contributed by atoms with Crippen LogP contribution in [-0.4, -0.2) is 29.2 Å².